The number of unbranched alkanes of at least 4 members (excludes halogenated alkanes) is 15. The summed E-state index contributed by atoms with van der Waals surface area (Å²) in [6, 6.07) is 9.80. The molecule has 2 atom stereocenters. The molecule has 1 rings (SSSR count). The van der Waals surface area contributed by atoms with Gasteiger partial charge < -0.3 is 27.9 Å². The molecular weight excluding hydrogens is 537 g/mol. The minimum atomic E-state index is -4.40. The molecule has 0 aliphatic carbocycles. The third-order valence-corrected chi connectivity index (χ3v) is 8.17. The predicted octanol–water partition coefficient (Wildman–Crippen LogP) is 8.06. The van der Waals surface area contributed by atoms with Crippen molar-refractivity contribution in [3.05, 3.63) is 35.9 Å². The monoisotopic (exact) mass is 599 g/mol. The Labute approximate surface area is 252 Å². The molecule has 0 aliphatic heterocycles. The third kappa shape index (κ3) is 25.4. The lowest BCUT2D eigenvalue weighted by atomic mass is 10.0. The number of ether oxygens (including phenoxy) is 2. The van der Waals surface area contributed by atoms with Gasteiger partial charge in [-0.25, -0.2) is 0 Å². The maximum absolute atomic E-state index is 12.2. The van der Waals surface area contributed by atoms with Gasteiger partial charge in [0.25, 0.3) is 7.82 Å². The molecule has 0 aliphatic rings. The fourth-order valence-corrected chi connectivity index (χ4v) is 5.27. The molecule has 2 unspecified atom stereocenters. The van der Waals surface area contributed by atoms with Gasteiger partial charge in [0.1, 0.15) is 19.3 Å². The molecule has 1 aromatic carbocycles. The number of quaternary nitrogens is 1. The minimum absolute atomic E-state index is 0.0789. The van der Waals surface area contributed by atoms with E-state index in [1.54, 1.807) is 0 Å². The van der Waals surface area contributed by atoms with Gasteiger partial charge in [-0.3, -0.25) is 4.57 Å². The Hall–Kier alpha value is -0.790. The lowest BCUT2D eigenvalue weighted by molar-refractivity contribution is -0.870. The molecule has 0 radical (unpaired) electrons. The van der Waals surface area contributed by atoms with Crippen molar-refractivity contribution in [1.29, 1.82) is 0 Å². The molecular formula is C33H62NO6P. The standard InChI is InChI=1S/C33H62NO6P/c1-5-6-7-8-9-10-11-12-13-14-15-16-17-18-19-23-27-37-30-33(38-29-32-24-21-20-22-25-32)31-40-41(35,36)39-28-26-34(2,3)4/h20-22,24-25,33H,5-19,23,26-31H2,1-4H3. The van der Waals surface area contributed by atoms with E-state index < -0.39 is 13.9 Å². The SMILES string of the molecule is CCCCCCCCCCCCCCCCCCOCC(COP(=O)([O-])OCC[N+](C)(C)C)OCc1ccccc1. The van der Waals surface area contributed by atoms with E-state index in [-0.39, 0.29) is 19.8 Å². The van der Waals surface area contributed by atoms with E-state index in [0.717, 1.165) is 18.4 Å². The first-order valence-electron chi connectivity index (χ1n) is 16.4. The second kappa shape index (κ2) is 24.6. The van der Waals surface area contributed by atoms with E-state index >= 15 is 0 Å². The van der Waals surface area contributed by atoms with Crippen LogP contribution < -0.4 is 4.89 Å². The molecule has 0 spiro atoms. The molecule has 240 valence electrons. The van der Waals surface area contributed by atoms with Gasteiger partial charge in [-0.05, 0) is 12.0 Å². The van der Waals surface area contributed by atoms with Gasteiger partial charge in [0.05, 0.1) is 41.0 Å². The number of hydrogen-bond donors (Lipinski definition) is 0. The normalized spacial score (nSPS) is 14.3. The number of rotatable bonds is 29. The van der Waals surface area contributed by atoms with E-state index in [9.17, 15) is 9.46 Å². The van der Waals surface area contributed by atoms with Crippen molar-refractivity contribution in [3.63, 3.8) is 0 Å². The van der Waals surface area contributed by atoms with Crippen molar-refractivity contribution >= 4 is 7.82 Å². The molecule has 0 amide bonds. The molecule has 1 aromatic rings. The Morgan fingerprint density at radius 2 is 1.22 bits per heavy atom. The van der Waals surface area contributed by atoms with Gasteiger partial charge in [-0.1, -0.05) is 134 Å². The summed E-state index contributed by atoms with van der Waals surface area (Å²) in [5, 5.41) is 0. The van der Waals surface area contributed by atoms with E-state index in [4.69, 9.17) is 18.5 Å². The van der Waals surface area contributed by atoms with Crippen LogP contribution in [0.4, 0.5) is 0 Å². The van der Waals surface area contributed by atoms with Crippen LogP contribution in [0, 0.1) is 0 Å². The first-order valence-corrected chi connectivity index (χ1v) is 17.8. The van der Waals surface area contributed by atoms with Crippen LogP contribution >= 0.6 is 7.82 Å². The van der Waals surface area contributed by atoms with E-state index in [2.05, 4.69) is 6.92 Å². The summed E-state index contributed by atoms with van der Waals surface area (Å²) in [6.07, 6.45) is 20.9. The number of likely N-dealkylation sites (N-methyl/N-ethyl adjacent to an activating group) is 1. The first kappa shape index (κ1) is 38.2. The van der Waals surface area contributed by atoms with Crippen LogP contribution in [0.2, 0.25) is 0 Å². The zero-order valence-corrected chi connectivity index (χ0v) is 27.8. The van der Waals surface area contributed by atoms with Crippen molar-refractivity contribution in [3.8, 4) is 0 Å². The zero-order valence-electron chi connectivity index (χ0n) is 26.9. The van der Waals surface area contributed by atoms with Crippen LogP contribution in [0.25, 0.3) is 0 Å². The van der Waals surface area contributed by atoms with Crippen molar-refractivity contribution < 1.29 is 32.5 Å². The molecule has 8 heteroatoms. The highest BCUT2D eigenvalue weighted by atomic mass is 31.2. The van der Waals surface area contributed by atoms with Crippen LogP contribution in [0.3, 0.4) is 0 Å². The summed E-state index contributed by atoms with van der Waals surface area (Å²) in [6.45, 7) is 4.07. The van der Waals surface area contributed by atoms with Crippen molar-refractivity contribution in [1.82, 2.24) is 0 Å². The van der Waals surface area contributed by atoms with Gasteiger partial charge in [-0.2, -0.15) is 0 Å². The molecule has 0 heterocycles. The van der Waals surface area contributed by atoms with E-state index in [1.165, 1.54) is 89.9 Å². The lowest BCUT2D eigenvalue weighted by Crippen LogP contribution is -2.37. The molecule has 0 aromatic heterocycles. The van der Waals surface area contributed by atoms with Crippen LogP contribution in [-0.2, 0) is 29.7 Å². The summed E-state index contributed by atoms with van der Waals surface area (Å²) in [5.41, 5.74) is 1.01. The molecule has 7 nitrogen and oxygen atoms in total. The Morgan fingerprint density at radius 1 is 0.707 bits per heavy atom. The molecule has 41 heavy (non-hydrogen) atoms. The van der Waals surface area contributed by atoms with E-state index in [1.807, 2.05) is 51.5 Å². The Kier molecular flexibility index (Phi) is 23.0. The average Bonchev–Trinajstić information content (AvgIpc) is 2.93. The summed E-state index contributed by atoms with van der Waals surface area (Å²) in [4.78, 5) is 12.2. The van der Waals surface area contributed by atoms with Crippen LogP contribution in [-0.4, -0.2) is 64.7 Å². The highest BCUT2D eigenvalue weighted by Crippen LogP contribution is 2.38. The van der Waals surface area contributed by atoms with Gasteiger partial charge in [-0.15, -0.1) is 0 Å². The summed E-state index contributed by atoms with van der Waals surface area (Å²) in [5.74, 6) is 0. The Bertz CT molecular complexity index is 758. The van der Waals surface area contributed by atoms with Crippen LogP contribution in [0.15, 0.2) is 30.3 Å². The second-order valence-electron chi connectivity index (χ2n) is 12.4. The minimum Gasteiger partial charge on any atom is -0.756 e. The Morgan fingerprint density at radius 3 is 1.73 bits per heavy atom. The molecule has 0 saturated heterocycles. The first-order chi connectivity index (χ1) is 19.7. The fraction of sp³-hybridized carbons (Fsp3) is 0.818. The highest BCUT2D eigenvalue weighted by Gasteiger charge is 2.18. The highest BCUT2D eigenvalue weighted by molar-refractivity contribution is 7.45. The smallest absolute Gasteiger partial charge is 0.268 e. The average molecular weight is 600 g/mol. The zero-order chi connectivity index (χ0) is 30.1. The number of nitrogens with zero attached hydrogens (tertiary/aromatic N) is 1. The van der Waals surface area contributed by atoms with Crippen molar-refractivity contribution in [2.45, 2.75) is 122 Å². The third-order valence-electron chi connectivity index (χ3n) is 7.20. The number of phosphoric ester groups is 1. The van der Waals surface area contributed by atoms with Gasteiger partial charge in [0.2, 0.25) is 0 Å². The molecule has 0 bridgehead atoms. The van der Waals surface area contributed by atoms with E-state index in [0.29, 0.717) is 24.2 Å². The fourth-order valence-electron chi connectivity index (χ4n) is 4.54. The molecule has 0 saturated carbocycles. The van der Waals surface area contributed by atoms with Gasteiger partial charge in [0, 0.05) is 6.61 Å². The number of hydrogen-bond acceptors (Lipinski definition) is 6. The Balaban J connectivity index is 2.13. The van der Waals surface area contributed by atoms with Crippen LogP contribution in [0.1, 0.15) is 115 Å². The maximum Gasteiger partial charge on any atom is 0.268 e. The lowest BCUT2D eigenvalue weighted by Gasteiger charge is -2.28. The van der Waals surface area contributed by atoms with Gasteiger partial charge >= 0.3 is 0 Å². The largest absolute Gasteiger partial charge is 0.756 e. The summed E-state index contributed by atoms with van der Waals surface area (Å²) >= 11 is 0. The number of benzene rings is 1. The maximum atomic E-state index is 12.2. The van der Waals surface area contributed by atoms with Crippen molar-refractivity contribution in [2.24, 2.45) is 0 Å². The van der Waals surface area contributed by atoms with Crippen molar-refractivity contribution in [2.75, 3.05) is 54.1 Å². The summed E-state index contributed by atoms with van der Waals surface area (Å²) < 4.78 is 34.8. The quantitative estimate of drug-likeness (QED) is 0.0527. The predicted molar refractivity (Wildman–Crippen MR) is 168 cm³/mol. The van der Waals surface area contributed by atoms with Crippen LogP contribution in [0.5, 0.6) is 0 Å². The summed E-state index contributed by atoms with van der Waals surface area (Å²) in [7, 11) is 1.53. The molecule has 0 N–H and O–H groups in total. The topological polar surface area (TPSA) is 77.1 Å². The second-order valence-corrected chi connectivity index (χ2v) is 13.8. The molecule has 0 fully saturated rings. The van der Waals surface area contributed by atoms with Gasteiger partial charge in [0.15, 0.2) is 0 Å². The number of phosphoric acid groups is 1.